The third-order valence-corrected chi connectivity index (χ3v) is 4.79. The molecular formula is C24H23N5O8. The molecule has 0 saturated heterocycles. The second-order valence-corrected chi connectivity index (χ2v) is 7.26. The molecule has 3 aromatic rings. The van der Waals surface area contributed by atoms with Gasteiger partial charge in [0.2, 0.25) is 0 Å². The molecule has 0 radical (unpaired) electrons. The maximum Gasteiger partial charge on any atom is 0.301 e. The highest BCUT2D eigenvalue weighted by Crippen LogP contribution is 2.30. The molecular weight excluding hydrogens is 486 g/mol. The summed E-state index contributed by atoms with van der Waals surface area (Å²) in [6.45, 7) is 1.84. The maximum atomic E-state index is 12.4. The van der Waals surface area contributed by atoms with Crippen molar-refractivity contribution < 1.29 is 28.9 Å². The van der Waals surface area contributed by atoms with E-state index in [1.165, 1.54) is 19.4 Å². The number of nitro benzene ring substituents is 2. The van der Waals surface area contributed by atoms with E-state index in [1.54, 1.807) is 49.4 Å². The number of benzene rings is 3. The van der Waals surface area contributed by atoms with E-state index in [9.17, 15) is 25.0 Å². The van der Waals surface area contributed by atoms with Gasteiger partial charge < -0.3 is 19.5 Å². The molecule has 0 unspecified atom stereocenters. The minimum Gasteiger partial charge on any atom is -0.495 e. The van der Waals surface area contributed by atoms with Crippen molar-refractivity contribution >= 4 is 34.9 Å². The van der Waals surface area contributed by atoms with E-state index >= 15 is 0 Å². The summed E-state index contributed by atoms with van der Waals surface area (Å²) in [6.07, 6.45) is 1.38. The molecule has 2 N–H and O–H groups in total. The van der Waals surface area contributed by atoms with Gasteiger partial charge in [-0.2, -0.15) is 5.10 Å². The van der Waals surface area contributed by atoms with Gasteiger partial charge >= 0.3 is 5.69 Å². The van der Waals surface area contributed by atoms with Crippen LogP contribution in [0, 0.1) is 20.2 Å². The van der Waals surface area contributed by atoms with Crippen LogP contribution < -0.4 is 25.0 Å². The Morgan fingerprint density at radius 3 is 2.43 bits per heavy atom. The third-order valence-electron chi connectivity index (χ3n) is 4.79. The molecule has 3 rings (SSSR count). The van der Waals surface area contributed by atoms with Crippen LogP contribution in [0.5, 0.6) is 17.2 Å². The molecule has 0 saturated carbocycles. The fraction of sp³-hybridized carbons (Fsp3) is 0.167. The molecule has 0 aliphatic carbocycles. The number of hydrogen-bond acceptors (Lipinski definition) is 10. The van der Waals surface area contributed by atoms with Crippen LogP contribution in [0.2, 0.25) is 0 Å². The maximum absolute atomic E-state index is 12.4. The average molecular weight is 509 g/mol. The van der Waals surface area contributed by atoms with E-state index in [4.69, 9.17) is 14.2 Å². The quantitative estimate of drug-likeness (QED) is 0.204. The van der Waals surface area contributed by atoms with Gasteiger partial charge in [0.15, 0.2) is 18.1 Å². The lowest BCUT2D eigenvalue weighted by molar-refractivity contribution is -0.393. The SMILES string of the molecule is CCOc1cc(/C=N/Nc2ccc([N+](=O)[O-])cc2[N+](=O)[O-])ccc1OCC(=O)Nc1ccccc1OC. The molecule has 0 fully saturated rings. The fourth-order valence-corrected chi connectivity index (χ4v) is 3.13. The van der Waals surface area contributed by atoms with Gasteiger partial charge in [-0.3, -0.25) is 30.4 Å². The Balaban J connectivity index is 1.68. The van der Waals surface area contributed by atoms with Crippen LogP contribution in [0.15, 0.2) is 65.8 Å². The molecule has 0 spiro atoms. The first kappa shape index (κ1) is 26.4. The Kier molecular flexibility index (Phi) is 8.91. The lowest BCUT2D eigenvalue weighted by Gasteiger charge is -2.13. The van der Waals surface area contributed by atoms with E-state index in [0.717, 1.165) is 12.1 Å². The minimum atomic E-state index is -0.742. The summed E-state index contributed by atoms with van der Waals surface area (Å²) in [4.78, 5) is 33.0. The number of hydrogen-bond donors (Lipinski definition) is 2. The number of carbonyl (C=O) groups is 1. The molecule has 192 valence electrons. The van der Waals surface area contributed by atoms with Crippen LogP contribution in [0.4, 0.5) is 22.7 Å². The number of nitrogens with one attached hydrogen (secondary N) is 2. The number of nitro groups is 2. The van der Waals surface area contributed by atoms with Crippen LogP contribution in [0.3, 0.4) is 0 Å². The highest BCUT2D eigenvalue weighted by molar-refractivity contribution is 5.93. The Hall–Kier alpha value is -5.20. The van der Waals surface area contributed by atoms with Crippen LogP contribution >= 0.6 is 0 Å². The van der Waals surface area contributed by atoms with Crippen molar-refractivity contribution in [2.24, 2.45) is 5.10 Å². The van der Waals surface area contributed by atoms with Gasteiger partial charge in [0.05, 0.1) is 41.5 Å². The lowest BCUT2D eigenvalue weighted by Crippen LogP contribution is -2.20. The number of ether oxygens (including phenoxy) is 3. The Morgan fingerprint density at radius 2 is 1.73 bits per heavy atom. The average Bonchev–Trinajstić information content (AvgIpc) is 2.88. The molecule has 0 aliphatic rings. The molecule has 37 heavy (non-hydrogen) atoms. The molecule has 0 aromatic heterocycles. The highest BCUT2D eigenvalue weighted by Gasteiger charge is 2.19. The van der Waals surface area contributed by atoms with Gasteiger partial charge in [-0.15, -0.1) is 0 Å². The number of carbonyl (C=O) groups excluding carboxylic acids is 1. The number of non-ortho nitro benzene ring substituents is 1. The number of methoxy groups -OCH3 is 1. The van der Waals surface area contributed by atoms with Crippen molar-refractivity contribution in [3.8, 4) is 17.2 Å². The van der Waals surface area contributed by atoms with Gasteiger partial charge in [-0.25, -0.2) is 0 Å². The first-order valence-corrected chi connectivity index (χ1v) is 10.9. The molecule has 3 aromatic carbocycles. The standard InChI is InChI=1S/C24H23N5O8/c1-3-36-23-12-16(14-25-27-18-10-9-17(28(31)32)13-20(18)29(33)34)8-11-22(23)37-15-24(30)26-19-6-4-5-7-21(19)35-2/h4-14,27H,3,15H2,1-2H3,(H,26,30)/b25-14+. The van der Waals surface area contributed by atoms with Crippen LogP contribution in [0.25, 0.3) is 0 Å². The zero-order valence-electron chi connectivity index (χ0n) is 19.9. The van der Waals surface area contributed by atoms with Gasteiger partial charge in [0.1, 0.15) is 11.4 Å². The smallest absolute Gasteiger partial charge is 0.301 e. The Morgan fingerprint density at radius 1 is 0.946 bits per heavy atom. The highest BCUT2D eigenvalue weighted by atomic mass is 16.6. The van der Waals surface area contributed by atoms with E-state index in [0.29, 0.717) is 35.1 Å². The summed E-state index contributed by atoms with van der Waals surface area (Å²) in [5.74, 6) is 0.805. The topological polar surface area (TPSA) is 167 Å². The molecule has 13 nitrogen and oxygen atoms in total. The molecule has 1 amide bonds. The molecule has 0 heterocycles. The van der Waals surface area contributed by atoms with Crippen molar-refractivity contribution in [2.75, 3.05) is 31.1 Å². The fourth-order valence-electron chi connectivity index (χ4n) is 3.13. The van der Waals surface area contributed by atoms with Gasteiger partial charge in [-0.1, -0.05) is 12.1 Å². The Labute approximate surface area is 211 Å². The van der Waals surface area contributed by atoms with Gasteiger partial charge in [-0.05, 0) is 48.9 Å². The second kappa shape index (κ2) is 12.5. The largest absolute Gasteiger partial charge is 0.495 e. The number of para-hydroxylation sites is 2. The minimum absolute atomic E-state index is 0.0158. The summed E-state index contributed by atoms with van der Waals surface area (Å²) < 4.78 is 16.4. The van der Waals surface area contributed by atoms with E-state index in [1.807, 2.05) is 0 Å². The monoisotopic (exact) mass is 509 g/mol. The van der Waals surface area contributed by atoms with Crippen molar-refractivity contribution in [2.45, 2.75) is 6.92 Å². The molecule has 0 atom stereocenters. The first-order chi connectivity index (χ1) is 17.8. The number of hydrazone groups is 1. The molecule has 0 bridgehead atoms. The van der Waals surface area contributed by atoms with Gasteiger partial charge in [0, 0.05) is 6.07 Å². The number of nitrogens with zero attached hydrogens (tertiary/aromatic N) is 3. The normalized spacial score (nSPS) is 10.5. The predicted molar refractivity (Wildman–Crippen MR) is 136 cm³/mol. The van der Waals surface area contributed by atoms with Crippen molar-refractivity contribution in [3.05, 3.63) is 86.5 Å². The zero-order valence-corrected chi connectivity index (χ0v) is 19.9. The van der Waals surface area contributed by atoms with Crippen molar-refractivity contribution in [1.29, 1.82) is 0 Å². The number of rotatable bonds is 12. The molecule has 13 heteroatoms. The second-order valence-electron chi connectivity index (χ2n) is 7.26. The summed E-state index contributed by atoms with van der Waals surface area (Å²) >= 11 is 0. The Bertz CT molecular complexity index is 1330. The molecule has 0 aliphatic heterocycles. The van der Waals surface area contributed by atoms with Crippen LogP contribution in [-0.2, 0) is 4.79 Å². The summed E-state index contributed by atoms with van der Waals surface area (Å²) in [5, 5.41) is 28.8. The zero-order chi connectivity index (χ0) is 26.8. The number of anilines is 2. The van der Waals surface area contributed by atoms with Crippen molar-refractivity contribution in [3.63, 3.8) is 0 Å². The van der Waals surface area contributed by atoms with Crippen molar-refractivity contribution in [1.82, 2.24) is 0 Å². The summed E-state index contributed by atoms with van der Waals surface area (Å²) in [5.41, 5.74) is 2.68. The summed E-state index contributed by atoms with van der Waals surface area (Å²) in [7, 11) is 1.50. The van der Waals surface area contributed by atoms with Crippen LogP contribution in [-0.4, -0.2) is 42.3 Å². The third kappa shape index (κ3) is 7.14. The number of amides is 1. The van der Waals surface area contributed by atoms with E-state index < -0.39 is 27.1 Å². The summed E-state index contributed by atoms with van der Waals surface area (Å²) in [6, 6.07) is 15.0. The van der Waals surface area contributed by atoms with Crippen LogP contribution in [0.1, 0.15) is 12.5 Å². The van der Waals surface area contributed by atoms with E-state index in [2.05, 4.69) is 15.8 Å². The van der Waals surface area contributed by atoms with Gasteiger partial charge in [0.25, 0.3) is 11.6 Å². The lowest BCUT2D eigenvalue weighted by atomic mass is 10.2. The van der Waals surface area contributed by atoms with E-state index in [-0.39, 0.29) is 12.3 Å². The predicted octanol–water partition coefficient (Wildman–Crippen LogP) is 4.37. The first-order valence-electron chi connectivity index (χ1n) is 10.9.